The second-order valence-electron chi connectivity index (χ2n) is 4.84. The maximum atomic E-state index is 7.63. The first kappa shape index (κ1) is 14.9. The number of hydrogen-bond donors (Lipinski definition) is 1. The molecular formula is C12H24BrNO. The van der Waals surface area contributed by atoms with Crippen molar-refractivity contribution in [2.45, 2.75) is 64.9 Å². The Morgan fingerprint density at radius 3 is 2.13 bits per heavy atom. The summed E-state index contributed by atoms with van der Waals surface area (Å²) in [5, 5.41) is 8.74. The van der Waals surface area contributed by atoms with E-state index in [1.54, 1.807) is 0 Å². The largest absolute Gasteiger partial charge is 0.476 e. The smallest absolute Gasteiger partial charge is 0.180 e. The normalized spacial score (nSPS) is 11.5. The van der Waals surface area contributed by atoms with Crippen molar-refractivity contribution in [3.63, 3.8) is 0 Å². The molecule has 0 heterocycles. The number of rotatable bonds is 7. The van der Waals surface area contributed by atoms with Crippen LogP contribution in [0.2, 0.25) is 0 Å². The van der Waals surface area contributed by atoms with Gasteiger partial charge in [0.25, 0.3) is 0 Å². The fourth-order valence-electron chi connectivity index (χ4n) is 1.33. The highest BCUT2D eigenvalue weighted by molar-refractivity contribution is 9.09. The van der Waals surface area contributed by atoms with Crippen LogP contribution >= 0.6 is 15.9 Å². The molecule has 0 bridgehead atoms. The maximum Gasteiger partial charge on any atom is 0.180 e. The summed E-state index contributed by atoms with van der Waals surface area (Å²) in [7, 11) is 0. The molecule has 0 amide bonds. The summed E-state index contributed by atoms with van der Waals surface area (Å²) < 4.78 is 5.44. The van der Waals surface area contributed by atoms with E-state index in [-0.39, 0.29) is 5.60 Å². The van der Waals surface area contributed by atoms with Crippen LogP contribution in [-0.4, -0.2) is 16.8 Å². The summed E-state index contributed by atoms with van der Waals surface area (Å²) in [4.78, 5) is 0. The fourth-order valence-corrected chi connectivity index (χ4v) is 1.73. The van der Waals surface area contributed by atoms with Crippen LogP contribution in [-0.2, 0) is 4.74 Å². The van der Waals surface area contributed by atoms with E-state index >= 15 is 0 Å². The molecule has 0 atom stereocenters. The molecule has 0 aromatic rings. The maximum absolute atomic E-state index is 7.63. The van der Waals surface area contributed by atoms with Crippen molar-refractivity contribution >= 4 is 21.8 Å². The van der Waals surface area contributed by atoms with Gasteiger partial charge in [-0.3, -0.25) is 5.41 Å². The van der Waals surface area contributed by atoms with Crippen molar-refractivity contribution in [3.8, 4) is 0 Å². The van der Waals surface area contributed by atoms with Crippen LogP contribution in [0.15, 0.2) is 0 Å². The minimum atomic E-state index is -0.215. The Balaban J connectivity index is 3.32. The zero-order chi connectivity index (χ0) is 11.7. The highest BCUT2D eigenvalue weighted by atomic mass is 79.9. The van der Waals surface area contributed by atoms with Crippen molar-refractivity contribution in [1.29, 1.82) is 5.41 Å². The Labute approximate surface area is 102 Å². The third-order valence-corrected chi connectivity index (χ3v) is 2.53. The van der Waals surface area contributed by atoms with Crippen LogP contribution in [0.3, 0.4) is 0 Å². The molecule has 0 spiro atoms. The molecule has 0 unspecified atom stereocenters. The van der Waals surface area contributed by atoms with Crippen LogP contribution in [0.1, 0.15) is 59.3 Å². The lowest BCUT2D eigenvalue weighted by molar-refractivity contribution is 0.110. The molecule has 3 heteroatoms. The van der Waals surface area contributed by atoms with Gasteiger partial charge in [0.1, 0.15) is 5.60 Å². The number of nitrogens with one attached hydrogen (secondary N) is 1. The van der Waals surface area contributed by atoms with Gasteiger partial charge in [-0.2, -0.15) is 0 Å². The fraction of sp³-hybridized carbons (Fsp3) is 0.917. The van der Waals surface area contributed by atoms with Crippen LogP contribution in [0, 0.1) is 5.41 Å². The first-order valence-electron chi connectivity index (χ1n) is 5.78. The first-order valence-corrected chi connectivity index (χ1v) is 6.90. The first-order chi connectivity index (χ1) is 6.95. The summed E-state index contributed by atoms with van der Waals surface area (Å²) in [5.41, 5.74) is -0.215. The monoisotopic (exact) mass is 277 g/mol. The zero-order valence-electron chi connectivity index (χ0n) is 10.2. The third kappa shape index (κ3) is 11.9. The second-order valence-corrected chi connectivity index (χ2v) is 5.64. The van der Waals surface area contributed by atoms with E-state index in [2.05, 4.69) is 15.9 Å². The Kier molecular flexibility index (Phi) is 8.12. The van der Waals surface area contributed by atoms with Gasteiger partial charge in [0.05, 0.1) is 0 Å². The molecule has 0 radical (unpaired) electrons. The summed E-state index contributed by atoms with van der Waals surface area (Å²) in [5.74, 6) is 0.433. The number of unbranched alkanes of at least 4 members (excludes halogenated alkanes) is 4. The molecule has 0 saturated carbocycles. The Morgan fingerprint density at radius 2 is 1.60 bits per heavy atom. The van der Waals surface area contributed by atoms with Crippen molar-refractivity contribution in [3.05, 3.63) is 0 Å². The van der Waals surface area contributed by atoms with Crippen LogP contribution in [0.5, 0.6) is 0 Å². The van der Waals surface area contributed by atoms with Gasteiger partial charge in [0.15, 0.2) is 5.90 Å². The van der Waals surface area contributed by atoms with Gasteiger partial charge in [-0.25, -0.2) is 0 Å². The quantitative estimate of drug-likeness (QED) is 0.316. The molecule has 0 rings (SSSR count). The van der Waals surface area contributed by atoms with Gasteiger partial charge in [-0.05, 0) is 33.6 Å². The summed E-state index contributed by atoms with van der Waals surface area (Å²) in [6.45, 7) is 5.95. The number of ether oxygens (including phenoxy) is 1. The third-order valence-electron chi connectivity index (χ3n) is 1.97. The van der Waals surface area contributed by atoms with E-state index in [1.165, 1.54) is 25.7 Å². The Hall–Kier alpha value is -0.0500. The van der Waals surface area contributed by atoms with E-state index in [4.69, 9.17) is 10.1 Å². The summed E-state index contributed by atoms with van der Waals surface area (Å²) in [6.07, 6.45) is 6.90. The van der Waals surface area contributed by atoms with Crippen LogP contribution < -0.4 is 0 Å². The average Bonchev–Trinajstić information content (AvgIpc) is 2.08. The molecule has 0 saturated heterocycles. The van der Waals surface area contributed by atoms with Crippen molar-refractivity contribution in [1.82, 2.24) is 0 Å². The topological polar surface area (TPSA) is 33.1 Å². The minimum absolute atomic E-state index is 0.215. The molecule has 0 aliphatic rings. The number of halogens is 1. The van der Waals surface area contributed by atoms with Gasteiger partial charge in [-0.15, -0.1) is 0 Å². The van der Waals surface area contributed by atoms with E-state index in [9.17, 15) is 0 Å². The van der Waals surface area contributed by atoms with E-state index in [0.717, 1.165) is 18.2 Å². The highest BCUT2D eigenvalue weighted by Gasteiger charge is 2.12. The van der Waals surface area contributed by atoms with Crippen molar-refractivity contribution < 1.29 is 4.74 Å². The molecule has 0 aliphatic carbocycles. The lowest BCUT2D eigenvalue weighted by Crippen LogP contribution is -2.23. The predicted molar refractivity (Wildman–Crippen MR) is 70.1 cm³/mol. The predicted octanol–water partition coefficient (Wildman–Crippen LogP) is 4.51. The Morgan fingerprint density at radius 1 is 1.07 bits per heavy atom. The van der Waals surface area contributed by atoms with Crippen LogP contribution in [0.25, 0.3) is 0 Å². The minimum Gasteiger partial charge on any atom is -0.476 e. The second kappa shape index (κ2) is 8.14. The molecule has 2 nitrogen and oxygen atoms in total. The molecule has 0 aromatic heterocycles. The molecule has 0 aromatic carbocycles. The van der Waals surface area contributed by atoms with Crippen molar-refractivity contribution in [2.24, 2.45) is 0 Å². The number of hydrogen-bond acceptors (Lipinski definition) is 2. The molecule has 90 valence electrons. The van der Waals surface area contributed by atoms with Gasteiger partial charge < -0.3 is 4.74 Å². The average molecular weight is 278 g/mol. The summed E-state index contributed by atoms with van der Waals surface area (Å²) in [6, 6.07) is 0. The van der Waals surface area contributed by atoms with E-state index in [1.807, 2.05) is 20.8 Å². The molecule has 15 heavy (non-hydrogen) atoms. The Bertz CT molecular complexity index is 175. The van der Waals surface area contributed by atoms with E-state index < -0.39 is 0 Å². The summed E-state index contributed by atoms with van der Waals surface area (Å²) >= 11 is 3.42. The van der Waals surface area contributed by atoms with E-state index in [0.29, 0.717) is 5.90 Å². The van der Waals surface area contributed by atoms with Crippen LogP contribution in [0.4, 0.5) is 0 Å². The van der Waals surface area contributed by atoms with Crippen molar-refractivity contribution in [2.75, 3.05) is 5.33 Å². The zero-order valence-corrected chi connectivity index (χ0v) is 11.8. The standard InChI is InChI=1S/C12H24BrNO/c1-12(2,3)15-11(14)9-7-5-4-6-8-10-13/h14H,4-10H2,1-3H3. The van der Waals surface area contributed by atoms with Gasteiger partial charge in [-0.1, -0.05) is 35.2 Å². The number of alkyl halides is 1. The molecule has 0 aliphatic heterocycles. The molecular weight excluding hydrogens is 254 g/mol. The lowest BCUT2D eigenvalue weighted by Gasteiger charge is -2.21. The van der Waals surface area contributed by atoms with Gasteiger partial charge >= 0.3 is 0 Å². The van der Waals surface area contributed by atoms with Gasteiger partial charge in [0.2, 0.25) is 0 Å². The highest BCUT2D eigenvalue weighted by Crippen LogP contribution is 2.11. The molecule has 0 fully saturated rings. The molecule has 1 N–H and O–H groups in total. The lowest BCUT2D eigenvalue weighted by atomic mass is 10.1. The SMILES string of the molecule is CC(C)(C)OC(=N)CCCCCCCBr. The van der Waals surface area contributed by atoms with Gasteiger partial charge in [0, 0.05) is 11.8 Å².